The molecule has 0 aliphatic rings. The second-order valence-electron chi connectivity index (χ2n) is 3.99. The standard InChI is InChI=1S/C14H7N3O2/c18-7-15-9-2-4-13-12(5-9)11-3-1-10(16-8-19)6-14(11)17-13/h1-6,17H. The number of isocyanates is 2. The molecule has 1 N–H and O–H groups in total. The third-order valence-electron chi connectivity index (χ3n) is 2.92. The van der Waals surface area contributed by atoms with Crippen molar-refractivity contribution >= 4 is 45.3 Å². The van der Waals surface area contributed by atoms with Crippen molar-refractivity contribution < 1.29 is 9.59 Å². The van der Waals surface area contributed by atoms with Crippen LogP contribution >= 0.6 is 0 Å². The molecule has 1 aromatic heterocycles. The molecule has 0 fully saturated rings. The number of aliphatic imine (C=N–C) groups is 2. The molecule has 0 unspecified atom stereocenters. The van der Waals surface area contributed by atoms with E-state index in [1.165, 1.54) is 12.2 Å². The lowest BCUT2D eigenvalue weighted by molar-refractivity contribution is 0.564. The minimum atomic E-state index is 0.542. The van der Waals surface area contributed by atoms with Crippen LogP contribution in [0.4, 0.5) is 11.4 Å². The molecule has 90 valence electrons. The van der Waals surface area contributed by atoms with Crippen LogP contribution in [0.3, 0.4) is 0 Å². The number of hydrogen-bond acceptors (Lipinski definition) is 4. The molecule has 2 aromatic carbocycles. The molecule has 3 rings (SSSR count). The fourth-order valence-electron chi connectivity index (χ4n) is 2.12. The Bertz CT molecular complexity index is 882. The van der Waals surface area contributed by atoms with Crippen LogP contribution in [0.25, 0.3) is 21.8 Å². The van der Waals surface area contributed by atoms with Gasteiger partial charge in [-0.05, 0) is 30.3 Å². The van der Waals surface area contributed by atoms with Gasteiger partial charge in [0.05, 0.1) is 11.4 Å². The van der Waals surface area contributed by atoms with Gasteiger partial charge in [-0.1, -0.05) is 6.07 Å². The SMILES string of the molecule is O=C=Nc1ccc2c(c1)[nH]c1ccc(N=C=O)cc12. The number of carbonyl (C=O) groups excluding carboxylic acids is 2. The summed E-state index contributed by atoms with van der Waals surface area (Å²) in [6.07, 6.45) is 3.03. The molecular weight excluding hydrogens is 242 g/mol. The molecule has 1 heterocycles. The number of aromatic nitrogens is 1. The van der Waals surface area contributed by atoms with E-state index in [-0.39, 0.29) is 0 Å². The van der Waals surface area contributed by atoms with Gasteiger partial charge in [-0.25, -0.2) is 9.59 Å². The van der Waals surface area contributed by atoms with Gasteiger partial charge in [-0.3, -0.25) is 0 Å². The van der Waals surface area contributed by atoms with Crippen LogP contribution in [0.15, 0.2) is 46.4 Å². The van der Waals surface area contributed by atoms with E-state index in [1.807, 2.05) is 18.2 Å². The number of fused-ring (bicyclic) bond motifs is 3. The van der Waals surface area contributed by atoms with Crippen LogP contribution in [-0.2, 0) is 9.59 Å². The first-order valence-electron chi connectivity index (χ1n) is 5.53. The highest BCUT2D eigenvalue weighted by Crippen LogP contribution is 2.30. The average Bonchev–Trinajstić information content (AvgIpc) is 2.77. The molecule has 0 spiro atoms. The Morgan fingerprint density at radius 3 is 2.21 bits per heavy atom. The van der Waals surface area contributed by atoms with E-state index in [9.17, 15) is 9.59 Å². The van der Waals surface area contributed by atoms with E-state index in [0.717, 1.165) is 21.8 Å². The molecule has 0 saturated carbocycles. The highest BCUT2D eigenvalue weighted by molar-refractivity contribution is 6.08. The van der Waals surface area contributed by atoms with Gasteiger partial charge in [0.1, 0.15) is 0 Å². The van der Waals surface area contributed by atoms with Crippen molar-refractivity contribution in [2.45, 2.75) is 0 Å². The van der Waals surface area contributed by atoms with Gasteiger partial charge in [0, 0.05) is 21.8 Å². The minimum Gasteiger partial charge on any atom is -0.354 e. The highest BCUT2D eigenvalue weighted by atomic mass is 16.1. The lowest BCUT2D eigenvalue weighted by Gasteiger charge is -1.93. The lowest BCUT2D eigenvalue weighted by atomic mass is 10.1. The van der Waals surface area contributed by atoms with Gasteiger partial charge in [-0.15, -0.1) is 0 Å². The van der Waals surface area contributed by atoms with Gasteiger partial charge < -0.3 is 4.98 Å². The first-order valence-corrected chi connectivity index (χ1v) is 5.53. The van der Waals surface area contributed by atoms with Crippen LogP contribution in [0.5, 0.6) is 0 Å². The van der Waals surface area contributed by atoms with E-state index >= 15 is 0 Å². The highest BCUT2D eigenvalue weighted by Gasteiger charge is 2.05. The van der Waals surface area contributed by atoms with Gasteiger partial charge in [-0.2, -0.15) is 9.98 Å². The van der Waals surface area contributed by atoms with Crippen molar-refractivity contribution in [1.82, 2.24) is 4.98 Å². The molecule has 0 amide bonds. The first-order chi connectivity index (χ1) is 9.31. The van der Waals surface area contributed by atoms with Crippen molar-refractivity contribution in [2.75, 3.05) is 0 Å². The Hall–Kier alpha value is -3.00. The van der Waals surface area contributed by atoms with E-state index in [4.69, 9.17) is 0 Å². The summed E-state index contributed by atoms with van der Waals surface area (Å²) >= 11 is 0. The van der Waals surface area contributed by atoms with E-state index in [2.05, 4.69) is 15.0 Å². The summed E-state index contributed by atoms with van der Waals surface area (Å²) in [5.74, 6) is 0. The van der Waals surface area contributed by atoms with Crippen LogP contribution in [0.1, 0.15) is 0 Å². The number of hydrogen-bond donors (Lipinski definition) is 1. The second kappa shape index (κ2) is 4.35. The Labute approximate surface area is 107 Å². The third-order valence-corrected chi connectivity index (χ3v) is 2.92. The van der Waals surface area contributed by atoms with E-state index in [0.29, 0.717) is 11.4 Å². The van der Waals surface area contributed by atoms with E-state index in [1.54, 1.807) is 18.2 Å². The molecule has 0 aliphatic carbocycles. The fraction of sp³-hybridized carbons (Fsp3) is 0. The van der Waals surface area contributed by atoms with Gasteiger partial charge >= 0.3 is 0 Å². The number of nitrogens with zero attached hydrogens (tertiary/aromatic N) is 2. The van der Waals surface area contributed by atoms with Crippen molar-refractivity contribution in [3.63, 3.8) is 0 Å². The number of H-pyrrole nitrogens is 1. The number of rotatable bonds is 2. The van der Waals surface area contributed by atoms with Crippen LogP contribution in [0.2, 0.25) is 0 Å². The smallest absolute Gasteiger partial charge is 0.240 e. The zero-order chi connectivity index (χ0) is 13.2. The normalized spacial score (nSPS) is 10.1. The Morgan fingerprint density at radius 1 is 0.789 bits per heavy atom. The topological polar surface area (TPSA) is 74.7 Å². The quantitative estimate of drug-likeness (QED) is 0.559. The molecule has 19 heavy (non-hydrogen) atoms. The fourth-order valence-corrected chi connectivity index (χ4v) is 2.12. The molecule has 0 bridgehead atoms. The number of aromatic amines is 1. The summed E-state index contributed by atoms with van der Waals surface area (Å²) in [5, 5.41) is 1.93. The predicted octanol–water partition coefficient (Wildman–Crippen LogP) is 3.26. The minimum absolute atomic E-state index is 0.542. The lowest BCUT2D eigenvalue weighted by Crippen LogP contribution is -1.68. The van der Waals surface area contributed by atoms with Crippen molar-refractivity contribution in [2.24, 2.45) is 9.98 Å². The summed E-state index contributed by atoms with van der Waals surface area (Å²) in [6, 6.07) is 10.7. The molecule has 5 nitrogen and oxygen atoms in total. The Kier molecular flexibility index (Phi) is 2.54. The summed E-state index contributed by atoms with van der Waals surface area (Å²) < 4.78 is 0. The zero-order valence-corrected chi connectivity index (χ0v) is 9.68. The predicted molar refractivity (Wildman–Crippen MR) is 71.4 cm³/mol. The Balaban J connectivity index is 2.32. The summed E-state index contributed by atoms with van der Waals surface area (Å²) in [4.78, 5) is 30.9. The summed E-state index contributed by atoms with van der Waals surface area (Å²) in [6.45, 7) is 0. The summed E-state index contributed by atoms with van der Waals surface area (Å²) in [5.41, 5.74) is 2.88. The largest absolute Gasteiger partial charge is 0.354 e. The average molecular weight is 249 g/mol. The van der Waals surface area contributed by atoms with Crippen LogP contribution in [-0.4, -0.2) is 17.1 Å². The van der Waals surface area contributed by atoms with Gasteiger partial charge in [0.15, 0.2) is 0 Å². The molecule has 3 aromatic rings. The van der Waals surface area contributed by atoms with Gasteiger partial charge in [0.25, 0.3) is 0 Å². The van der Waals surface area contributed by atoms with Crippen LogP contribution in [0, 0.1) is 0 Å². The number of nitrogens with one attached hydrogen (secondary N) is 1. The molecule has 0 saturated heterocycles. The second-order valence-corrected chi connectivity index (χ2v) is 3.99. The molecule has 0 radical (unpaired) electrons. The van der Waals surface area contributed by atoms with Gasteiger partial charge in [0.2, 0.25) is 12.2 Å². The summed E-state index contributed by atoms with van der Waals surface area (Å²) in [7, 11) is 0. The molecule has 0 aliphatic heterocycles. The third kappa shape index (κ3) is 1.85. The molecular formula is C14H7N3O2. The Morgan fingerprint density at radius 2 is 1.47 bits per heavy atom. The van der Waals surface area contributed by atoms with Crippen molar-refractivity contribution in [3.05, 3.63) is 36.4 Å². The van der Waals surface area contributed by atoms with Crippen molar-refractivity contribution in [3.8, 4) is 0 Å². The van der Waals surface area contributed by atoms with Crippen molar-refractivity contribution in [1.29, 1.82) is 0 Å². The zero-order valence-electron chi connectivity index (χ0n) is 9.68. The monoisotopic (exact) mass is 249 g/mol. The molecule has 5 heteroatoms. The first kappa shape index (κ1) is 11.1. The molecule has 0 atom stereocenters. The number of benzene rings is 2. The maximum Gasteiger partial charge on any atom is 0.240 e. The maximum atomic E-state index is 10.3. The maximum absolute atomic E-state index is 10.3. The van der Waals surface area contributed by atoms with E-state index < -0.39 is 0 Å². The van der Waals surface area contributed by atoms with Crippen LogP contribution < -0.4 is 0 Å².